The summed E-state index contributed by atoms with van der Waals surface area (Å²) in [5.41, 5.74) is 0. The van der Waals surface area contributed by atoms with Gasteiger partial charge in [0.25, 0.3) is 5.91 Å². The molecule has 0 aromatic carbocycles. The van der Waals surface area contributed by atoms with Crippen LogP contribution in [0, 0.1) is 11.8 Å². The zero-order valence-corrected chi connectivity index (χ0v) is 12.6. The average molecular weight is 329 g/mol. The van der Waals surface area contributed by atoms with Crippen molar-refractivity contribution in [2.45, 2.75) is 12.8 Å². The van der Waals surface area contributed by atoms with E-state index >= 15 is 0 Å². The van der Waals surface area contributed by atoms with Crippen molar-refractivity contribution >= 4 is 33.2 Å². The third-order valence-electron chi connectivity index (χ3n) is 4.09. The largest absolute Gasteiger partial charge is 0.338 e. The van der Waals surface area contributed by atoms with E-state index in [1.54, 1.807) is 0 Å². The Morgan fingerprint density at radius 2 is 1.94 bits per heavy atom. The molecule has 5 heteroatoms. The number of carbonyl (C=O) groups excluding carboxylic acids is 1. The number of nitrogens with one attached hydrogen (secondary N) is 1. The van der Waals surface area contributed by atoms with E-state index in [0.717, 1.165) is 59.5 Å². The van der Waals surface area contributed by atoms with Crippen LogP contribution in [0.5, 0.6) is 0 Å². The number of likely N-dealkylation sites (tertiary alicyclic amines) is 1. The fraction of sp³-hybridized carbons (Fsp3) is 0.615. The maximum absolute atomic E-state index is 12.4. The van der Waals surface area contributed by atoms with Crippen LogP contribution in [0.1, 0.15) is 22.5 Å². The standard InChI is InChI=1S/C13H17BrN2OS/c14-12-2-1-11(18-12)13(17)16-5-3-9-7-15-8-10(9)4-6-16/h1-2,9-10,15H,3-8H2/t9-,10+. The normalized spacial score (nSPS) is 27.9. The van der Waals surface area contributed by atoms with Gasteiger partial charge in [-0.1, -0.05) is 0 Å². The lowest BCUT2D eigenvalue weighted by Crippen LogP contribution is -2.32. The van der Waals surface area contributed by atoms with E-state index in [2.05, 4.69) is 21.2 Å². The topological polar surface area (TPSA) is 32.3 Å². The Bertz CT molecular complexity index is 434. The smallest absolute Gasteiger partial charge is 0.263 e. The van der Waals surface area contributed by atoms with Crippen LogP contribution in [0.25, 0.3) is 0 Å². The number of nitrogens with zero attached hydrogens (tertiary/aromatic N) is 1. The minimum absolute atomic E-state index is 0.207. The molecule has 0 unspecified atom stereocenters. The Hall–Kier alpha value is -0.390. The molecule has 18 heavy (non-hydrogen) atoms. The molecule has 2 fully saturated rings. The summed E-state index contributed by atoms with van der Waals surface area (Å²) in [7, 11) is 0. The van der Waals surface area contributed by atoms with Crippen molar-refractivity contribution < 1.29 is 4.79 Å². The Labute approximate surface area is 120 Å². The van der Waals surface area contributed by atoms with Crippen LogP contribution in [0.3, 0.4) is 0 Å². The molecule has 98 valence electrons. The summed E-state index contributed by atoms with van der Waals surface area (Å²) in [6.07, 6.45) is 2.30. The molecule has 1 aromatic rings. The van der Waals surface area contributed by atoms with Gasteiger partial charge in [0.15, 0.2) is 0 Å². The summed E-state index contributed by atoms with van der Waals surface area (Å²) in [5, 5.41) is 3.46. The van der Waals surface area contributed by atoms with Crippen LogP contribution in [0.15, 0.2) is 15.9 Å². The third-order valence-corrected chi connectivity index (χ3v) is 5.70. The highest BCUT2D eigenvalue weighted by Crippen LogP contribution is 2.29. The lowest BCUT2D eigenvalue weighted by Gasteiger charge is -2.20. The van der Waals surface area contributed by atoms with E-state index < -0.39 is 0 Å². The number of carbonyl (C=O) groups is 1. The van der Waals surface area contributed by atoms with E-state index in [4.69, 9.17) is 0 Å². The van der Waals surface area contributed by atoms with Crippen molar-refractivity contribution in [2.75, 3.05) is 26.2 Å². The summed E-state index contributed by atoms with van der Waals surface area (Å²) in [5.74, 6) is 1.76. The highest BCUT2D eigenvalue weighted by Gasteiger charge is 2.31. The fourth-order valence-electron chi connectivity index (χ4n) is 3.01. The number of halogens is 1. The predicted molar refractivity (Wildman–Crippen MR) is 77.0 cm³/mol. The van der Waals surface area contributed by atoms with Crippen molar-refractivity contribution in [3.63, 3.8) is 0 Å². The van der Waals surface area contributed by atoms with Gasteiger partial charge in [-0.05, 0) is 65.8 Å². The minimum Gasteiger partial charge on any atom is -0.338 e. The van der Waals surface area contributed by atoms with Gasteiger partial charge in [-0.3, -0.25) is 4.79 Å². The number of rotatable bonds is 1. The maximum atomic E-state index is 12.4. The van der Waals surface area contributed by atoms with E-state index in [1.807, 2.05) is 17.0 Å². The van der Waals surface area contributed by atoms with Gasteiger partial charge in [0.2, 0.25) is 0 Å². The van der Waals surface area contributed by atoms with Crippen LogP contribution in [-0.4, -0.2) is 37.0 Å². The summed E-state index contributed by atoms with van der Waals surface area (Å²) >= 11 is 4.95. The first-order valence-corrected chi connectivity index (χ1v) is 8.10. The van der Waals surface area contributed by atoms with Gasteiger partial charge in [-0.2, -0.15) is 0 Å². The van der Waals surface area contributed by atoms with Gasteiger partial charge < -0.3 is 10.2 Å². The van der Waals surface area contributed by atoms with E-state index in [1.165, 1.54) is 11.3 Å². The van der Waals surface area contributed by atoms with Crippen LogP contribution < -0.4 is 5.32 Å². The van der Waals surface area contributed by atoms with Crippen LogP contribution in [0.4, 0.5) is 0 Å². The molecule has 1 aromatic heterocycles. The number of fused-ring (bicyclic) bond motifs is 1. The summed E-state index contributed by atoms with van der Waals surface area (Å²) in [6, 6.07) is 3.87. The van der Waals surface area contributed by atoms with Gasteiger partial charge in [0.05, 0.1) is 8.66 Å². The number of thiophene rings is 1. The maximum Gasteiger partial charge on any atom is 0.263 e. The van der Waals surface area contributed by atoms with Gasteiger partial charge >= 0.3 is 0 Å². The summed E-state index contributed by atoms with van der Waals surface area (Å²) in [6.45, 7) is 4.10. The second-order valence-corrected chi connectivity index (χ2v) is 7.61. The first-order valence-electron chi connectivity index (χ1n) is 6.49. The van der Waals surface area contributed by atoms with Crippen molar-refractivity contribution in [1.29, 1.82) is 0 Å². The molecule has 1 amide bonds. The first kappa shape index (κ1) is 12.6. The summed E-state index contributed by atoms with van der Waals surface area (Å²) < 4.78 is 1.03. The van der Waals surface area contributed by atoms with Gasteiger partial charge in [0.1, 0.15) is 0 Å². The molecule has 3 heterocycles. The van der Waals surface area contributed by atoms with Crippen molar-refractivity contribution in [3.8, 4) is 0 Å². The van der Waals surface area contributed by atoms with E-state index in [-0.39, 0.29) is 5.91 Å². The molecule has 2 aliphatic heterocycles. The highest BCUT2D eigenvalue weighted by atomic mass is 79.9. The zero-order valence-electron chi connectivity index (χ0n) is 10.2. The lowest BCUT2D eigenvalue weighted by atomic mass is 9.92. The van der Waals surface area contributed by atoms with Crippen LogP contribution >= 0.6 is 27.3 Å². The minimum atomic E-state index is 0.207. The monoisotopic (exact) mass is 328 g/mol. The Morgan fingerprint density at radius 1 is 1.28 bits per heavy atom. The average Bonchev–Trinajstić information content (AvgIpc) is 2.94. The van der Waals surface area contributed by atoms with Crippen LogP contribution in [0.2, 0.25) is 0 Å². The fourth-order valence-corrected chi connectivity index (χ4v) is 4.36. The molecule has 2 saturated heterocycles. The molecular weight excluding hydrogens is 312 g/mol. The zero-order chi connectivity index (χ0) is 12.5. The molecule has 0 radical (unpaired) electrons. The molecule has 2 atom stereocenters. The molecule has 0 bridgehead atoms. The second-order valence-electron chi connectivity index (χ2n) is 5.15. The Balaban J connectivity index is 1.68. The molecule has 3 rings (SSSR count). The highest BCUT2D eigenvalue weighted by molar-refractivity contribution is 9.11. The molecular formula is C13H17BrN2OS. The number of hydrogen-bond donors (Lipinski definition) is 1. The van der Waals surface area contributed by atoms with Crippen LogP contribution in [-0.2, 0) is 0 Å². The summed E-state index contributed by atoms with van der Waals surface area (Å²) in [4.78, 5) is 15.3. The van der Waals surface area contributed by atoms with Crippen molar-refractivity contribution in [2.24, 2.45) is 11.8 Å². The Kier molecular flexibility index (Phi) is 3.73. The third kappa shape index (κ3) is 2.49. The van der Waals surface area contributed by atoms with E-state index in [9.17, 15) is 4.79 Å². The molecule has 2 aliphatic rings. The molecule has 0 aliphatic carbocycles. The molecule has 1 N–H and O–H groups in total. The van der Waals surface area contributed by atoms with Gasteiger partial charge in [0, 0.05) is 13.1 Å². The quantitative estimate of drug-likeness (QED) is 0.859. The molecule has 3 nitrogen and oxygen atoms in total. The SMILES string of the molecule is O=C(c1ccc(Br)s1)N1CC[C@@H]2CNC[C@@H]2CC1. The lowest BCUT2D eigenvalue weighted by molar-refractivity contribution is 0.0763. The predicted octanol–water partition coefficient (Wildman–Crippen LogP) is 2.58. The van der Waals surface area contributed by atoms with Crippen molar-refractivity contribution in [3.05, 3.63) is 20.8 Å². The van der Waals surface area contributed by atoms with Gasteiger partial charge in [-0.15, -0.1) is 11.3 Å². The second kappa shape index (κ2) is 5.31. The molecule has 0 saturated carbocycles. The Morgan fingerprint density at radius 3 is 2.50 bits per heavy atom. The van der Waals surface area contributed by atoms with Crippen molar-refractivity contribution in [1.82, 2.24) is 10.2 Å². The number of hydrogen-bond acceptors (Lipinski definition) is 3. The van der Waals surface area contributed by atoms with E-state index in [0.29, 0.717) is 0 Å². The molecule has 0 spiro atoms. The first-order chi connectivity index (χ1) is 8.74. The number of amides is 1. The van der Waals surface area contributed by atoms with Gasteiger partial charge in [-0.25, -0.2) is 0 Å².